The molecule has 2 aromatic rings. The Hall–Kier alpha value is -2.18. The van der Waals surface area contributed by atoms with Crippen molar-refractivity contribution in [1.82, 2.24) is 9.78 Å². The number of rotatable bonds is 4. The second-order valence-corrected chi connectivity index (χ2v) is 7.40. The van der Waals surface area contributed by atoms with Gasteiger partial charge in [-0.15, -0.1) is 0 Å². The van der Waals surface area contributed by atoms with Gasteiger partial charge in [0.1, 0.15) is 11.3 Å². The van der Waals surface area contributed by atoms with E-state index in [1.54, 1.807) is 33.8 Å². The molecular weight excluding hydrogens is 379 g/mol. The highest BCUT2D eigenvalue weighted by Crippen LogP contribution is 2.24. The average molecular weight is 397 g/mol. The van der Waals surface area contributed by atoms with E-state index in [4.69, 9.17) is 27.9 Å². The zero-order valence-corrected chi connectivity index (χ0v) is 16.3. The lowest BCUT2D eigenvalue weighted by Gasteiger charge is -2.17. The molecular formula is C18H18Cl2N2O4. The van der Waals surface area contributed by atoms with Crippen LogP contribution in [0.3, 0.4) is 0 Å². The first kappa shape index (κ1) is 20.1. The molecule has 0 aliphatic heterocycles. The molecule has 0 aliphatic carbocycles. The number of Topliss-reactive ketones (excluding diaryl/α,β-unsaturated/α-hetero) is 1. The molecule has 8 heteroatoms. The van der Waals surface area contributed by atoms with Gasteiger partial charge in [-0.25, -0.2) is 4.79 Å². The number of benzene rings is 1. The lowest BCUT2D eigenvalue weighted by atomic mass is 9.88. The predicted octanol–water partition coefficient (Wildman–Crippen LogP) is 3.94. The molecule has 2 rings (SSSR count). The molecule has 1 heterocycles. The quantitative estimate of drug-likeness (QED) is 0.577. The summed E-state index contributed by atoms with van der Waals surface area (Å²) in [5.41, 5.74) is -1.70. The maximum atomic E-state index is 12.8. The van der Waals surface area contributed by atoms with Gasteiger partial charge in [-0.1, -0.05) is 44.0 Å². The van der Waals surface area contributed by atoms with Crippen molar-refractivity contribution in [1.29, 1.82) is 0 Å². The van der Waals surface area contributed by atoms with Crippen LogP contribution in [0.15, 0.2) is 29.1 Å². The topological polar surface area (TPSA) is 78.3 Å². The zero-order valence-electron chi connectivity index (χ0n) is 14.8. The highest BCUT2D eigenvalue weighted by atomic mass is 35.5. The van der Waals surface area contributed by atoms with Crippen LogP contribution in [-0.4, -0.2) is 28.1 Å². The van der Waals surface area contributed by atoms with Crippen LogP contribution in [0.5, 0.6) is 0 Å². The molecule has 6 nitrogen and oxygen atoms in total. The third-order valence-corrected chi connectivity index (χ3v) is 4.01. The fourth-order valence-electron chi connectivity index (χ4n) is 2.16. The SMILES string of the molecule is CCOC(=O)c1cc(C(=O)C(C)(C)C)nn(-c2cc(Cl)ccc2Cl)c1=O. The third-order valence-electron chi connectivity index (χ3n) is 3.46. The molecule has 0 saturated carbocycles. The van der Waals surface area contributed by atoms with E-state index in [2.05, 4.69) is 5.10 Å². The molecule has 0 amide bonds. The van der Waals surface area contributed by atoms with Crippen LogP contribution in [0, 0.1) is 5.41 Å². The van der Waals surface area contributed by atoms with Crippen LogP contribution in [0.25, 0.3) is 5.69 Å². The summed E-state index contributed by atoms with van der Waals surface area (Å²) in [6.45, 7) is 6.84. The van der Waals surface area contributed by atoms with E-state index >= 15 is 0 Å². The molecule has 1 aromatic carbocycles. The van der Waals surface area contributed by atoms with Gasteiger partial charge in [-0.2, -0.15) is 9.78 Å². The van der Waals surface area contributed by atoms with Gasteiger partial charge in [-0.3, -0.25) is 9.59 Å². The van der Waals surface area contributed by atoms with Crippen molar-refractivity contribution in [3.63, 3.8) is 0 Å². The number of carbonyl (C=O) groups is 2. The molecule has 0 aliphatic rings. The van der Waals surface area contributed by atoms with Gasteiger partial charge in [0.2, 0.25) is 0 Å². The smallest absolute Gasteiger partial charge is 0.343 e. The van der Waals surface area contributed by atoms with E-state index in [0.29, 0.717) is 5.02 Å². The Morgan fingerprint density at radius 3 is 2.42 bits per heavy atom. The molecule has 0 bridgehead atoms. The highest BCUT2D eigenvalue weighted by Gasteiger charge is 2.28. The van der Waals surface area contributed by atoms with Crippen LogP contribution in [0.4, 0.5) is 0 Å². The Labute approximate surface area is 160 Å². The molecule has 138 valence electrons. The third kappa shape index (κ3) is 4.14. The van der Waals surface area contributed by atoms with Crippen LogP contribution in [-0.2, 0) is 4.74 Å². The molecule has 0 radical (unpaired) electrons. The average Bonchev–Trinajstić information content (AvgIpc) is 2.56. The minimum atomic E-state index is -0.838. The van der Waals surface area contributed by atoms with Crippen molar-refractivity contribution in [3.8, 4) is 5.69 Å². The number of ketones is 1. The summed E-state index contributed by atoms with van der Waals surface area (Å²) in [6.07, 6.45) is 0. The Balaban J connectivity index is 2.80. The Morgan fingerprint density at radius 2 is 1.85 bits per heavy atom. The fourth-order valence-corrected chi connectivity index (χ4v) is 2.52. The standard InChI is InChI=1S/C18H18Cl2N2O4/c1-5-26-17(25)11-9-13(15(23)18(2,3)4)21-22(16(11)24)14-8-10(19)6-7-12(14)20/h6-9H,5H2,1-4H3. The van der Waals surface area contributed by atoms with E-state index in [9.17, 15) is 14.4 Å². The van der Waals surface area contributed by atoms with E-state index in [1.807, 2.05) is 0 Å². The van der Waals surface area contributed by atoms with Gasteiger partial charge in [0, 0.05) is 10.4 Å². The summed E-state index contributed by atoms with van der Waals surface area (Å²) in [4.78, 5) is 37.6. The van der Waals surface area contributed by atoms with Crippen molar-refractivity contribution in [2.24, 2.45) is 5.41 Å². The number of halogens is 2. The van der Waals surface area contributed by atoms with Crippen molar-refractivity contribution in [2.75, 3.05) is 6.61 Å². The Morgan fingerprint density at radius 1 is 1.19 bits per heavy atom. The molecule has 0 fully saturated rings. The first-order valence-corrected chi connectivity index (χ1v) is 8.63. The molecule has 26 heavy (non-hydrogen) atoms. The summed E-state index contributed by atoms with van der Waals surface area (Å²) in [5, 5.41) is 4.63. The summed E-state index contributed by atoms with van der Waals surface area (Å²) < 4.78 is 5.83. The van der Waals surface area contributed by atoms with Crippen molar-refractivity contribution < 1.29 is 14.3 Å². The number of hydrogen-bond acceptors (Lipinski definition) is 5. The summed E-state index contributed by atoms with van der Waals surface area (Å²) in [6, 6.07) is 5.63. The summed E-state index contributed by atoms with van der Waals surface area (Å²) in [5.74, 6) is -1.18. The molecule has 0 atom stereocenters. The number of hydrogen-bond donors (Lipinski definition) is 0. The Bertz CT molecular complexity index is 930. The minimum absolute atomic E-state index is 0.0452. The lowest BCUT2D eigenvalue weighted by Crippen LogP contribution is -2.32. The predicted molar refractivity (Wildman–Crippen MR) is 99.6 cm³/mol. The van der Waals surface area contributed by atoms with Crippen LogP contribution in [0.1, 0.15) is 48.5 Å². The van der Waals surface area contributed by atoms with Crippen molar-refractivity contribution in [3.05, 3.63) is 55.9 Å². The first-order chi connectivity index (χ1) is 12.1. The van der Waals surface area contributed by atoms with Crippen LogP contribution in [0.2, 0.25) is 10.0 Å². The van der Waals surface area contributed by atoms with Gasteiger partial charge in [0.05, 0.1) is 17.3 Å². The largest absolute Gasteiger partial charge is 0.462 e. The number of carbonyl (C=O) groups excluding carboxylic acids is 2. The monoisotopic (exact) mass is 396 g/mol. The maximum Gasteiger partial charge on any atom is 0.343 e. The van der Waals surface area contributed by atoms with E-state index in [1.165, 1.54) is 12.1 Å². The van der Waals surface area contributed by atoms with Gasteiger partial charge in [0.25, 0.3) is 5.56 Å². The number of nitrogens with zero attached hydrogens (tertiary/aromatic N) is 2. The fraction of sp³-hybridized carbons (Fsp3) is 0.333. The number of esters is 1. The van der Waals surface area contributed by atoms with Crippen LogP contribution >= 0.6 is 23.2 Å². The zero-order chi connectivity index (χ0) is 19.6. The van der Waals surface area contributed by atoms with Crippen molar-refractivity contribution >= 4 is 35.0 Å². The normalized spacial score (nSPS) is 11.3. The summed E-state index contributed by atoms with van der Waals surface area (Å²) in [7, 11) is 0. The van der Waals surface area contributed by atoms with Gasteiger partial charge >= 0.3 is 5.97 Å². The van der Waals surface area contributed by atoms with Gasteiger partial charge < -0.3 is 4.74 Å². The van der Waals surface area contributed by atoms with Crippen molar-refractivity contribution in [2.45, 2.75) is 27.7 Å². The molecule has 0 saturated heterocycles. The maximum absolute atomic E-state index is 12.8. The lowest BCUT2D eigenvalue weighted by molar-refractivity contribution is 0.0523. The first-order valence-electron chi connectivity index (χ1n) is 7.88. The molecule has 0 unspecified atom stereocenters. The van der Waals surface area contributed by atoms with E-state index in [0.717, 1.165) is 10.7 Å². The van der Waals surface area contributed by atoms with Gasteiger partial charge in [0.15, 0.2) is 5.78 Å². The van der Waals surface area contributed by atoms with E-state index in [-0.39, 0.29) is 34.4 Å². The number of aromatic nitrogens is 2. The second-order valence-electron chi connectivity index (χ2n) is 6.56. The Kier molecular flexibility index (Phi) is 5.88. The van der Waals surface area contributed by atoms with Gasteiger partial charge in [-0.05, 0) is 31.2 Å². The summed E-state index contributed by atoms with van der Waals surface area (Å²) >= 11 is 12.1. The van der Waals surface area contributed by atoms with Crippen LogP contribution < -0.4 is 5.56 Å². The molecule has 0 N–H and O–H groups in total. The minimum Gasteiger partial charge on any atom is -0.462 e. The van der Waals surface area contributed by atoms with E-state index < -0.39 is 16.9 Å². The molecule has 0 spiro atoms. The number of ether oxygens (including phenoxy) is 1. The highest BCUT2D eigenvalue weighted by molar-refractivity contribution is 6.34. The second kappa shape index (κ2) is 7.60. The molecule has 1 aromatic heterocycles.